The summed E-state index contributed by atoms with van der Waals surface area (Å²) >= 11 is 0. The summed E-state index contributed by atoms with van der Waals surface area (Å²) in [4.78, 5) is 11.4. The number of rotatable bonds is 4. The van der Waals surface area contributed by atoms with Crippen LogP contribution in [0.15, 0.2) is 24.3 Å². The van der Waals surface area contributed by atoms with Gasteiger partial charge in [0.25, 0.3) is 0 Å². The van der Waals surface area contributed by atoms with Crippen LogP contribution in [0.3, 0.4) is 0 Å². The van der Waals surface area contributed by atoms with Gasteiger partial charge in [0.1, 0.15) is 5.82 Å². The number of aliphatic hydroxyl groups excluding tert-OH is 1. The molecular formula is C11H16FN3O2. The van der Waals surface area contributed by atoms with Gasteiger partial charge in [-0.15, -0.1) is 0 Å². The first-order valence-corrected chi connectivity index (χ1v) is 5.23. The van der Waals surface area contributed by atoms with E-state index in [9.17, 15) is 9.18 Å². The molecular weight excluding hydrogens is 225 g/mol. The van der Waals surface area contributed by atoms with E-state index in [1.54, 1.807) is 6.07 Å². The molecule has 0 saturated heterocycles. The second kappa shape index (κ2) is 6.17. The number of anilines is 1. The number of benzene rings is 1. The number of nitrogens with two attached hydrogens (primary N) is 1. The number of aliphatic hydroxyl groups is 1. The van der Waals surface area contributed by atoms with Crippen LogP contribution in [0.1, 0.15) is 6.92 Å². The van der Waals surface area contributed by atoms with E-state index < -0.39 is 24.0 Å². The van der Waals surface area contributed by atoms with Gasteiger partial charge in [-0.25, -0.2) is 9.18 Å². The maximum Gasteiger partial charge on any atom is 0.319 e. The summed E-state index contributed by atoms with van der Waals surface area (Å²) in [5.74, 6) is -0.427. The number of halogens is 1. The molecule has 0 aliphatic rings. The van der Waals surface area contributed by atoms with Crippen LogP contribution in [-0.4, -0.2) is 29.8 Å². The number of urea groups is 1. The Morgan fingerprint density at radius 3 is 2.88 bits per heavy atom. The molecule has 0 radical (unpaired) electrons. The molecule has 0 saturated carbocycles. The van der Waals surface area contributed by atoms with Gasteiger partial charge in [0, 0.05) is 18.3 Å². The lowest BCUT2D eigenvalue weighted by molar-refractivity contribution is 0.162. The molecule has 0 aliphatic carbocycles. The Bertz CT molecular complexity index is 385. The van der Waals surface area contributed by atoms with Crippen LogP contribution in [0.5, 0.6) is 0 Å². The van der Waals surface area contributed by atoms with Crippen molar-refractivity contribution in [2.45, 2.75) is 19.1 Å². The third-order valence-electron chi connectivity index (χ3n) is 2.20. The number of amides is 2. The SMILES string of the molecule is CC(O)C(N)CNC(=O)Nc1cccc(F)c1. The molecule has 0 aromatic heterocycles. The van der Waals surface area contributed by atoms with Gasteiger partial charge < -0.3 is 21.5 Å². The topological polar surface area (TPSA) is 87.4 Å². The summed E-state index contributed by atoms with van der Waals surface area (Å²) in [6.45, 7) is 1.68. The number of carbonyl (C=O) groups is 1. The molecule has 6 heteroatoms. The van der Waals surface area contributed by atoms with Crippen molar-refractivity contribution < 1.29 is 14.3 Å². The smallest absolute Gasteiger partial charge is 0.319 e. The first-order valence-electron chi connectivity index (χ1n) is 5.23. The largest absolute Gasteiger partial charge is 0.392 e. The van der Waals surface area contributed by atoms with Crippen molar-refractivity contribution in [1.82, 2.24) is 5.32 Å². The Kier molecular flexibility index (Phi) is 4.86. The summed E-state index contributed by atoms with van der Waals surface area (Å²) in [5.41, 5.74) is 5.88. The first kappa shape index (κ1) is 13.4. The lowest BCUT2D eigenvalue weighted by Crippen LogP contribution is -2.44. The molecule has 0 aliphatic heterocycles. The number of hydrogen-bond acceptors (Lipinski definition) is 3. The van der Waals surface area contributed by atoms with E-state index >= 15 is 0 Å². The summed E-state index contributed by atoms with van der Waals surface area (Å²) in [7, 11) is 0. The average molecular weight is 241 g/mol. The van der Waals surface area contributed by atoms with E-state index in [1.807, 2.05) is 0 Å². The molecule has 1 rings (SSSR count). The third-order valence-corrected chi connectivity index (χ3v) is 2.20. The minimum atomic E-state index is -0.704. The van der Waals surface area contributed by atoms with Crippen molar-refractivity contribution in [1.29, 1.82) is 0 Å². The molecule has 1 aromatic carbocycles. The number of hydrogen-bond donors (Lipinski definition) is 4. The van der Waals surface area contributed by atoms with Crippen LogP contribution in [0, 0.1) is 5.82 Å². The normalized spacial score (nSPS) is 13.9. The highest BCUT2D eigenvalue weighted by atomic mass is 19.1. The standard InChI is InChI=1S/C11H16FN3O2/c1-7(16)10(13)6-14-11(17)15-9-4-2-3-8(12)5-9/h2-5,7,10,16H,6,13H2,1H3,(H2,14,15,17). The Morgan fingerprint density at radius 2 is 2.29 bits per heavy atom. The van der Waals surface area contributed by atoms with Gasteiger partial charge in [0.2, 0.25) is 0 Å². The van der Waals surface area contributed by atoms with Crippen molar-refractivity contribution in [3.63, 3.8) is 0 Å². The van der Waals surface area contributed by atoms with Gasteiger partial charge >= 0.3 is 6.03 Å². The second-order valence-corrected chi connectivity index (χ2v) is 3.75. The predicted octanol–water partition coefficient (Wildman–Crippen LogP) is 0.655. The quantitative estimate of drug-likeness (QED) is 0.624. The molecule has 0 heterocycles. The van der Waals surface area contributed by atoms with Gasteiger partial charge in [-0.3, -0.25) is 0 Å². The Hall–Kier alpha value is -1.66. The minimum Gasteiger partial charge on any atom is -0.392 e. The van der Waals surface area contributed by atoms with Gasteiger partial charge in [-0.2, -0.15) is 0 Å². The molecule has 2 unspecified atom stereocenters. The second-order valence-electron chi connectivity index (χ2n) is 3.75. The van der Waals surface area contributed by atoms with E-state index in [1.165, 1.54) is 25.1 Å². The van der Waals surface area contributed by atoms with E-state index in [-0.39, 0.29) is 6.54 Å². The van der Waals surface area contributed by atoms with Gasteiger partial charge in [-0.1, -0.05) is 6.07 Å². The van der Waals surface area contributed by atoms with Gasteiger partial charge in [-0.05, 0) is 25.1 Å². The molecule has 17 heavy (non-hydrogen) atoms. The highest BCUT2D eigenvalue weighted by Crippen LogP contribution is 2.08. The molecule has 0 bridgehead atoms. The summed E-state index contributed by atoms with van der Waals surface area (Å²) in [6.07, 6.45) is -0.704. The Balaban J connectivity index is 2.40. The van der Waals surface area contributed by atoms with Crippen molar-refractivity contribution in [3.8, 4) is 0 Å². The summed E-state index contributed by atoms with van der Waals surface area (Å²) in [5, 5.41) is 14.0. The summed E-state index contributed by atoms with van der Waals surface area (Å²) in [6, 6.07) is 4.52. The van der Waals surface area contributed by atoms with Gasteiger partial charge in [0.15, 0.2) is 0 Å². The van der Waals surface area contributed by atoms with E-state index in [0.717, 1.165) is 0 Å². The fourth-order valence-corrected chi connectivity index (χ4v) is 1.12. The highest BCUT2D eigenvalue weighted by molar-refractivity contribution is 5.89. The first-order chi connectivity index (χ1) is 7.99. The van der Waals surface area contributed by atoms with E-state index in [2.05, 4.69) is 10.6 Å². The molecule has 5 nitrogen and oxygen atoms in total. The molecule has 2 atom stereocenters. The van der Waals surface area contributed by atoms with Crippen molar-refractivity contribution in [2.24, 2.45) is 5.73 Å². The fourth-order valence-electron chi connectivity index (χ4n) is 1.12. The fraction of sp³-hybridized carbons (Fsp3) is 0.364. The van der Waals surface area contributed by atoms with Crippen LogP contribution in [0.2, 0.25) is 0 Å². The molecule has 0 fully saturated rings. The zero-order valence-corrected chi connectivity index (χ0v) is 9.48. The predicted molar refractivity (Wildman–Crippen MR) is 63.1 cm³/mol. The summed E-state index contributed by atoms with van der Waals surface area (Å²) < 4.78 is 12.8. The third kappa shape index (κ3) is 4.80. The van der Waals surface area contributed by atoms with Crippen molar-refractivity contribution >= 4 is 11.7 Å². The zero-order valence-electron chi connectivity index (χ0n) is 9.48. The molecule has 0 spiro atoms. The lowest BCUT2D eigenvalue weighted by atomic mass is 10.2. The van der Waals surface area contributed by atoms with E-state index in [0.29, 0.717) is 5.69 Å². The van der Waals surface area contributed by atoms with E-state index in [4.69, 9.17) is 10.8 Å². The van der Waals surface area contributed by atoms with Crippen LogP contribution in [-0.2, 0) is 0 Å². The number of carbonyl (C=O) groups excluding carboxylic acids is 1. The zero-order chi connectivity index (χ0) is 12.8. The van der Waals surface area contributed by atoms with Crippen LogP contribution >= 0.6 is 0 Å². The molecule has 2 amide bonds. The van der Waals surface area contributed by atoms with Crippen LogP contribution < -0.4 is 16.4 Å². The van der Waals surface area contributed by atoms with Crippen molar-refractivity contribution in [2.75, 3.05) is 11.9 Å². The minimum absolute atomic E-state index is 0.138. The van der Waals surface area contributed by atoms with Gasteiger partial charge in [0.05, 0.1) is 6.10 Å². The Labute approximate surface area is 98.8 Å². The molecule has 1 aromatic rings. The maximum absolute atomic E-state index is 12.8. The lowest BCUT2D eigenvalue weighted by Gasteiger charge is -2.15. The maximum atomic E-state index is 12.8. The average Bonchev–Trinajstić information content (AvgIpc) is 2.25. The monoisotopic (exact) mass is 241 g/mol. The van der Waals surface area contributed by atoms with Crippen LogP contribution in [0.25, 0.3) is 0 Å². The van der Waals surface area contributed by atoms with Crippen molar-refractivity contribution in [3.05, 3.63) is 30.1 Å². The molecule has 94 valence electrons. The number of nitrogens with one attached hydrogen (secondary N) is 2. The Morgan fingerprint density at radius 1 is 1.59 bits per heavy atom. The molecule has 5 N–H and O–H groups in total. The highest BCUT2D eigenvalue weighted by Gasteiger charge is 2.10. The van der Waals surface area contributed by atoms with Crippen LogP contribution in [0.4, 0.5) is 14.9 Å².